The summed E-state index contributed by atoms with van der Waals surface area (Å²) in [7, 11) is 0. The van der Waals surface area contributed by atoms with E-state index in [9.17, 15) is 0 Å². The van der Waals surface area contributed by atoms with Crippen LogP contribution in [0.1, 0.15) is 0 Å². The highest BCUT2D eigenvalue weighted by molar-refractivity contribution is 6.13. The second kappa shape index (κ2) is 11.8. The molecule has 48 heavy (non-hydrogen) atoms. The molecular formula is C48H32. The zero-order chi connectivity index (χ0) is 31.9. The molecule has 0 spiro atoms. The number of hydrogen-bond acceptors (Lipinski definition) is 0. The van der Waals surface area contributed by atoms with Crippen LogP contribution in [0.15, 0.2) is 194 Å². The van der Waals surface area contributed by atoms with Crippen molar-refractivity contribution < 1.29 is 0 Å². The Bertz CT molecular complexity index is 2580. The summed E-state index contributed by atoms with van der Waals surface area (Å²) < 4.78 is 0. The SMILES string of the molecule is c1ccc(-c2ccc3cc(-c4ccc5c(-c6ccccc6)c(-c6ccc7ccccc7c6)ccc5c4-c4ccccc4)ccc3c2)cc1. The van der Waals surface area contributed by atoms with Crippen LogP contribution in [0.5, 0.6) is 0 Å². The van der Waals surface area contributed by atoms with Crippen molar-refractivity contribution in [3.8, 4) is 55.6 Å². The predicted octanol–water partition coefficient (Wildman–Crippen LogP) is 13.5. The second-order valence-corrected chi connectivity index (χ2v) is 12.5. The summed E-state index contributed by atoms with van der Waals surface area (Å²) in [6, 6.07) is 70.8. The van der Waals surface area contributed by atoms with E-state index >= 15 is 0 Å². The molecule has 9 aromatic rings. The van der Waals surface area contributed by atoms with Crippen LogP contribution in [0, 0.1) is 0 Å². The van der Waals surface area contributed by atoms with Crippen molar-refractivity contribution in [2.75, 3.05) is 0 Å². The van der Waals surface area contributed by atoms with Gasteiger partial charge in [0.15, 0.2) is 0 Å². The van der Waals surface area contributed by atoms with Gasteiger partial charge < -0.3 is 0 Å². The van der Waals surface area contributed by atoms with Crippen molar-refractivity contribution in [1.29, 1.82) is 0 Å². The number of benzene rings is 9. The van der Waals surface area contributed by atoms with Gasteiger partial charge >= 0.3 is 0 Å². The fourth-order valence-electron chi connectivity index (χ4n) is 7.30. The van der Waals surface area contributed by atoms with E-state index in [4.69, 9.17) is 0 Å². The first kappa shape index (κ1) is 28.0. The highest BCUT2D eigenvalue weighted by Gasteiger charge is 2.18. The Morgan fingerprint density at radius 2 is 0.583 bits per heavy atom. The van der Waals surface area contributed by atoms with Crippen LogP contribution >= 0.6 is 0 Å². The van der Waals surface area contributed by atoms with E-state index in [1.807, 2.05) is 0 Å². The smallest absolute Gasteiger partial charge is 0.00266 e. The van der Waals surface area contributed by atoms with Gasteiger partial charge in [0.1, 0.15) is 0 Å². The van der Waals surface area contributed by atoms with Gasteiger partial charge in [-0.05, 0) is 106 Å². The molecule has 0 saturated heterocycles. The molecule has 0 radical (unpaired) electrons. The maximum absolute atomic E-state index is 2.35. The van der Waals surface area contributed by atoms with Crippen LogP contribution in [-0.2, 0) is 0 Å². The molecule has 0 N–H and O–H groups in total. The molecule has 0 saturated carbocycles. The molecule has 0 heterocycles. The standard InChI is InChI=1S/C48H32/c1-4-12-33(13-5-1)38-21-22-40-32-42(25-23-39(40)30-38)44-27-29-45-46(48(44)36-17-8-3-9-18-36)28-26-43(47(45)35-15-6-2-7-16-35)41-24-20-34-14-10-11-19-37(34)31-41/h1-32H. The normalized spacial score (nSPS) is 11.3. The van der Waals surface area contributed by atoms with Crippen molar-refractivity contribution in [2.24, 2.45) is 0 Å². The summed E-state index contributed by atoms with van der Waals surface area (Å²) in [5.74, 6) is 0. The third-order valence-corrected chi connectivity index (χ3v) is 9.64. The van der Waals surface area contributed by atoms with Gasteiger partial charge in [0, 0.05) is 0 Å². The Hall–Kier alpha value is -6.24. The van der Waals surface area contributed by atoms with Crippen LogP contribution < -0.4 is 0 Å². The lowest BCUT2D eigenvalue weighted by Crippen LogP contribution is -1.93. The first-order valence-corrected chi connectivity index (χ1v) is 16.6. The van der Waals surface area contributed by atoms with Crippen LogP contribution in [0.4, 0.5) is 0 Å². The van der Waals surface area contributed by atoms with E-state index in [1.54, 1.807) is 0 Å². The Kier molecular flexibility index (Phi) is 6.91. The zero-order valence-corrected chi connectivity index (χ0v) is 26.5. The van der Waals surface area contributed by atoms with E-state index in [1.165, 1.54) is 88.0 Å². The van der Waals surface area contributed by atoms with Gasteiger partial charge in [-0.1, -0.05) is 176 Å². The first-order chi connectivity index (χ1) is 23.8. The van der Waals surface area contributed by atoms with Gasteiger partial charge in [-0.2, -0.15) is 0 Å². The van der Waals surface area contributed by atoms with Gasteiger partial charge in [0.25, 0.3) is 0 Å². The quantitative estimate of drug-likeness (QED) is 0.182. The van der Waals surface area contributed by atoms with Crippen LogP contribution in [0.2, 0.25) is 0 Å². The lowest BCUT2D eigenvalue weighted by atomic mass is 9.84. The average Bonchev–Trinajstić information content (AvgIpc) is 3.17. The molecule has 0 aliphatic carbocycles. The third-order valence-electron chi connectivity index (χ3n) is 9.64. The molecule has 0 amide bonds. The van der Waals surface area contributed by atoms with E-state index in [-0.39, 0.29) is 0 Å². The summed E-state index contributed by atoms with van der Waals surface area (Å²) in [5.41, 5.74) is 12.4. The summed E-state index contributed by atoms with van der Waals surface area (Å²) in [6.45, 7) is 0. The molecule has 0 aliphatic heterocycles. The number of fused-ring (bicyclic) bond motifs is 3. The minimum atomic E-state index is 1.22. The zero-order valence-electron chi connectivity index (χ0n) is 26.5. The Morgan fingerprint density at radius 1 is 0.208 bits per heavy atom. The number of hydrogen-bond donors (Lipinski definition) is 0. The van der Waals surface area contributed by atoms with Gasteiger partial charge in [-0.3, -0.25) is 0 Å². The summed E-state index contributed by atoms with van der Waals surface area (Å²) in [5, 5.41) is 7.49. The lowest BCUT2D eigenvalue weighted by Gasteiger charge is -2.20. The van der Waals surface area contributed by atoms with Gasteiger partial charge in [-0.15, -0.1) is 0 Å². The van der Waals surface area contributed by atoms with E-state index in [0.717, 1.165) is 0 Å². The monoisotopic (exact) mass is 608 g/mol. The fraction of sp³-hybridized carbons (Fsp3) is 0. The summed E-state index contributed by atoms with van der Waals surface area (Å²) in [4.78, 5) is 0. The largest absolute Gasteiger partial charge is 0.0622 e. The predicted molar refractivity (Wildman–Crippen MR) is 206 cm³/mol. The van der Waals surface area contributed by atoms with Gasteiger partial charge in [0.05, 0.1) is 0 Å². The average molecular weight is 609 g/mol. The maximum Gasteiger partial charge on any atom is -0.00266 e. The molecule has 224 valence electrons. The van der Waals surface area contributed by atoms with Crippen LogP contribution in [-0.4, -0.2) is 0 Å². The van der Waals surface area contributed by atoms with Gasteiger partial charge in [-0.25, -0.2) is 0 Å². The third kappa shape index (κ3) is 4.96. The molecule has 9 aromatic carbocycles. The van der Waals surface area contributed by atoms with Crippen molar-refractivity contribution in [2.45, 2.75) is 0 Å². The minimum absolute atomic E-state index is 1.22. The molecule has 0 fully saturated rings. The molecule has 0 nitrogen and oxygen atoms in total. The molecule has 0 aliphatic rings. The summed E-state index contributed by atoms with van der Waals surface area (Å²) in [6.07, 6.45) is 0. The second-order valence-electron chi connectivity index (χ2n) is 12.5. The van der Waals surface area contributed by atoms with Gasteiger partial charge in [0.2, 0.25) is 0 Å². The maximum atomic E-state index is 2.35. The molecule has 9 rings (SSSR count). The highest BCUT2D eigenvalue weighted by Crippen LogP contribution is 2.45. The summed E-state index contributed by atoms with van der Waals surface area (Å²) >= 11 is 0. The number of rotatable bonds is 5. The highest BCUT2D eigenvalue weighted by atomic mass is 14.2. The Balaban J connectivity index is 1.27. The van der Waals surface area contributed by atoms with Crippen molar-refractivity contribution >= 4 is 32.3 Å². The molecule has 0 bridgehead atoms. The first-order valence-electron chi connectivity index (χ1n) is 16.6. The topological polar surface area (TPSA) is 0 Å². The van der Waals surface area contributed by atoms with Crippen LogP contribution in [0.3, 0.4) is 0 Å². The molecule has 0 aromatic heterocycles. The Morgan fingerprint density at radius 3 is 1.10 bits per heavy atom. The Labute approximate surface area is 281 Å². The molecule has 0 atom stereocenters. The van der Waals surface area contributed by atoms with Crippen LogP contribution in [0.25, 0.3) is 88.0 Å². The minimum Gasteiger partial charge on any atom is -0.0622 e. The van der Waals surface area contributed by atoms with Crippen molar-refractivity contribution in [3.63, 3.8) is 0 Å². The molecular weight excluding hydrogens is 577 g/mol. The van der Waals surface area contributed by atoms with E-state index in [2.05, 4.69) is 194 Å². The fourth-order valence-corrected chi connectivity index (χ4v) is 7.30. The van der Waals surface area contributed by atoms with Crippen molar-refractivity contribution in [3.05, 3.63) is 194 Å². The lowest BCUT2D eigenvalue weighted by molar-refractivity contribution is 1.60. The molecule has 0 unspecified atom stereocenters. The van der Waals surface area contributed by atoms with E-state index in [0.29, 0.717) is 0 Å². The van der Waals surface area contributed by atoms with Crippen molar-refractivity contribution in [1.82, 2.24) is 0 Å². The molecule has 0 heteroatoms. The van der Waals surface area contributed by atoms with E-state index < -0.39 is 0 Å².